The summed E-state index contributed by atoms with van der Waals surface area (Å²) in [5.41, 5.74) is 9.99. The zero-order chi connectivity index (χ0) is 37.2. The van der Waals surface area contributed by atoms with Crippen molar-refractivity contribution < 1.29 is 70.3 Å². The highest BCUT2D eigenvalue weighted by Crippen LogP contribution is 2.63. The number of nitrogens with two attached hydrogens (primary N) is 2. The van der Waals surface area contributed by atoms with Crippen molar-refractivity contribution in [3.8, 4) is 0 Å². The number of aromatic nitrogens is 8. The number of aryl methyl sites for hydroxylation is 1. The van der Waals surface area contributed by atoms with Crippen LogP contribution < -0.4 is 41.8 Å². The third kappa shape index (κ3) is 7.70. The van der Waals surface area contributed by atoms with Crippen molar-refractivity contribution in [2.45, 2.75) is 50.2 Å². The third-order valence-corrected chi connectivity index (χ3v) is 12.0. The van der Waals surface area contributed by atoms with E-state index in [9.17, 15) is 48.2 Å². The largest absolute Gasteiger partial charge is 0.756 e. The number of hydrogen-bond donors (Lipinski definition) is 6. The van der Waals surface area contributed by atoms with E-state index in [0.717, 1.165) is 10.9 Å². The lowest BCUT2D eigenvalue weighted by atomic mass is 10.0. The van der Waals surface area contributed by atoms with Crippen molar-refractivity contribution >= 4 is 57.7 Å². The van der Waals surface area contributed by atoms with E-state index in [1.54, 1.807) is 14.0 Å². The second-order valence-electron chi connectivity index (χ2n) is 11.5. The van der Waals surface area contributed by atoms with Gasteiger partial charge in [-0.25, -0.2) is 18.2 Å². The van der Waals surface area contributed by atoms with E-state index < -0.39 is 90.6 Å². The molecule has 26 nitrogen and oxygen atoms in total. The van der Waals surface area contributed by atoms with Crippen molar-refractivity contribution in [3.05, 3.63) is 33.4 Å². The molecule has 29 heteroatoms. The third-order valence-electron chi connectivity index (χ3n) is 7.90. The fourth-order valence-electron chi connectivity index (χ4n) is 5.59. The van der Waals surface area contributed by atoms with Crippen molar-refractivity contribution in [1.29, 1.82) is 0 Å². The molecule has 2 aliphatic heterocycles. The highest BCUT2D eigenvalue weighted by atomic mass is 31.3. The Labute approximate surface area is 283 Å². The normalized spacial score (nSPS) is 29.0. The Bertz CT molecular complexity index is 2240. The number of phosphoric acid groups is 3. The van der Waals surface area contributed by atoms with Gasteiger partial charge in [0.2, 0.25) is 11.5 Å². The van der Waals surface area contributed by atoms with E-state index in [2.05, 4.69) is 42.6 Å². The Morgan fingerprint density at radius 2 is 1.57 bits per heavy atom. The van der Waals surface area contributed by atoms with Crippen LogP contribution in [0.3, 0.4) is 0 Å². The fraction of sp³-hybridized carbons (Fsp3) is 0.545. The first-order valence-corrected chi connectivity index (χ1v) is 18.9. The summed E-state index contributed by atoms with van der Waals surface area (Å²) in [5.74, 6) is -0.850. The van der Waals surface area contributed by atoms with E-state index in [0.29, 0.717) is 0 Å². The molecular formula is C22H29N10O16P3-2. The number of rotatable bonds is 12. The summed E-state index contributed by atoms with van der Waals surface area (Å²) in [5, 5.41) is 20.9. The minimum atomic E-state index is -6.25. The number of aliphatic hydroxyl groups is 2. The van der Waals surface area contributed by atoms with Gasteiger partial charge >= 0.3 is 5.65 Å². The number of hydrogen-bond acceptors (Lipinski definition) is 21. The topological polar surface area (TPSA) is 386 Å². The lowest BCUT2D eigenvalue weighted by Crippen LogP contribution is -2.39. The molecule has 10 atom stereocenters. The van der Waals surface area contributed by atoms with E-state index in [4.69, 9.17) is 20.9 Å². The Kier molecular flexibility index (Phi) is 9.88. The van der Waals surface area contributed by atoms with Crippen molar-refractivity contribution in [2.24, 2.45) is 13.0 Å². The van der Waals surface area contributed by atoms with Gasteiger partial charge < -0.3 is 54.9 Å². The number of aromatic amines is 2. The van der Waals surface area contributed by atoms with Crippen LogP contribution in [0.1, 0.15) is 25.8 Å². The highest BCUT2D eigenvalue weighted by molar-refractivity contribution is 7.65. The average molecular weight is 782 g/mol. The van der Waals surface area contributed by atoms with Crippen LogP contribution in [0, 0.1) is 5.92 Å². The quantitative estimate of drug-likeness (QED) is 0.0587. The molecule has 2 aliphatic rings. The van der Waals surface area contributed by atoms with Crippen LogP contribution >= 0.6 is 23.5 Å². The van der Waals surface area contributed by atoms with Gasteiger partial charge in [-0.15, -0.1) is 0 Å². The Hall–Kier alpha value is -3.45. The molecule has 0 spiro atoms. The molecule has 5 unspecified atom stereocenters. The summed E-state index contributed by atoms with van der Waals surface area (Å²) in [7, 11) is -16.4. The molecule has 0 aromatic carbocycles. The number of H-pyrrole nitrogens is 2. The number of nitrogens with zero attached hydrogens (tertiary/aromatic N) is 6. The number of nitrogen functional groups attached to an aromatic ring is 2. The monoisotopic (exact) mass is 782 g/mol. The Balaban J connectivity index is 1.03. The van der Waals surface area contributed by atoms with Gasteiger partial charge in [0.15, 0.2) is 29.9 Å². The van der Waals surface area contributed by atoms with E-state index in [1.165, 1.54) is 15.5 Å². The molecule has 8 N–H and O–H groups in total. The molecule has 0 bridgehead atoms. The molecule has 0 saturated carbocycles. The molecule has 51 heavy (non-hydrogen) atoms. The van der Waals surface area contributed by atoms with Gasteiger partial charge in [0.05, 0.1) is 32.7 Å². The Morgan fingerprint density at radius 1 is 0.961 bits per heavy atom. The van der Waals surface area contributed by atoms with Gasteiger partial charge in [-0.2, -0.15) is 4.98 Å². The molecule has 4 aromatic rings. The number of fused-ring (bicyclic) bond motifs is 2. The summed E-state index contributed by atoms with van der Waals surface area (Å²) in [6.07, 6.45) is -5.66. The first-order chi connectivity index (χ1) is 23.7. The summed E-state index contributed by atoms with van der Waals surface area (Å²) < 4.78 is 69.1. The maximum atomic E-state index is 12.4. The molecule has 0 aliphatic carbocycles. The van der Waals surface area contributed by atoms with Gasteiger partial charge in [-0.05, 0) is 5.92 Å². The molecule has 6 heterocycles. The summed E-state index contributed by atoms with van der Waals surface area (Å²) in [6, 6.07) is 0. The highest BCUT2D eigenvalue weighted by Gasteiger charge is 2.45. The van der Waals surface area contributed by atoms with Gasteiger partial charge in [0.25, 0.3) is 40.5 Å². The van der Waals surface area contributed by atoms with Crippen LogP contribution in [-0.2, 0) is 47.9 Å². The van der Waals surface area contributed by atoms with E-state index >= 15 is 0 Å². The number of nitrogens with one attached hydrogen (secondary N) is 2. The smallest absolute Gasteiger partial charge is 0.313 e. The van der Waals surface area contributed by atoms with E-state index in [1.807, 2.05) is 0 Å². The van der Waals surface area contributed by atoms with Gasteiger partial charge in [-0.1, -0.05) is 11.9 Å². The molecule has 280 valence electrons. The van der Waals surface area contributed by atoms with Crippen LogP contribution in [-0.4, -0.2) is 81.9 Å². The number of imidazole rings is 2. The predicted molar refractivity (Wildman–Crippen MR) is 159 cm³/mol. The standard InChI is InChI=1S/C22H31N10O16P3/c1-8-3-11(32-7-30(2)13-17(32)27-22(24)29-19(13)36)45-9(8)4-43-49(37,38)47-51(41,42)48-50(39,40)44-5-10-14(33)15(34)20(46-10)31-6-25-12-16(31)26-21(23)28-18(12)35/h6-11,14-15,20,33-34H,3-5H2,1-2H3,(H8-,23,24,26,27,28,29,35,36,37,38,39,40,41,42)/p-2/t8?,9-,10-,11-,14+,15?,20-/m1/s1. The van der Waals surface area contributed by atoms with Gasteiger partial charge in [0, 0.05) is 6.42 Å². The number of aliphatic hydroxyl groups excluding tert-OH is 2. The Morgan fingerprint density at radius 3 is 2.24 bits per heavy atom. The van der Waals surface area contributed by atoms with Crippen LogP contribution in [0.2, 0.25) is 0 Å². The maximum absolute atomic E-state index is 12.4. The zero-order valence-corrected chi connectivity index (χ0v) is 28.8. The molecule has 0 radical (unpaired) electrons. The number of ether oxygens (including phenoxy) is 2. The SMILES string of the molecule is CC1C[C@H]([n+]2cn(C)c3c(=O)[nH]c(N)nc32)O[C@@H]1COP(=O)([O-])OP(=O)([O-])OP(=O)([O-])OC[C@H]1O[C@@H](n2cnc3c(=O)[nH]c(N)nc32)C(O)[C@H]1O. The van der Waals surface area contributed by atoms with Gasteiger partial charge in [-0.3, -0.25) is 42.4 Å². The fourth-order valence-corrected chi connectivity index (χ4v) is 8.97. The summed E-state index contributed by atoms with van der Waals surface area (Å²) in [4.78, 5) is 77.8. The van der Waals surface area contributed by atoms with Crippen molar-refractivity contribution in [2.75, 3.05) is 24.7 Å². The van der Waals surface area contributed by atoms with Crippen molar-refractivity contribution in [1.82, 2.24) is 34.1 Å². The lowest BCUT2D eigenvalue weighted by molar-refractivity contribution is -0.739. The van der Waals surface area contributed by atoms with E-state index in [-0.39, 0.29) is 40.6 Å². The van der Waals surface area contributed by atoms with Crippen LogP contribution in [0.5, 0.6) is 0 Å². The minimum Gasteiger partial charge on any atom is -0.756 e. The van der Waals surface area contributed by atoms with Crippen LogP contribution in [0.25, 0.3) is 22.3 Å². The zero-order valence-electron chi connectivity index (χ0n) is 26.1. The van der Waals surface area contributed by atoms with Crippen LogP contribution in [0.4, 0.5) is 11.9 Å². The lowest BCUT2D eigenvalue weighted by Gasteiger charge is -2.34. The first-order valence-electron chi connectivity index (χ1n) is 14.5. The predicted octanol–water partition coefficient (Wildman–Crippen LogP) is -4.14. The molecule has 2 saturated heterocycles. The number of phosphoric ester groups is 2. The molecular weight excluding hydrogens is 753 g/mol. The maximum Gasteiger partial charge on any atom is 0.313 e. The minimum absolute atomic E-state index is 0.153. The first kappa shape index (κ1) is 37.3. The average Bonchev–Trinajstić information content (AvgIpc) is 3.74. The molecule has 0 amide bonds. The van der Waals surface area contributed by atoms with Gasteiger partial charge in [0.1, 0.15) is 18.3 Å². The number of anilines is 2. The summed E-state index contributed by atoms with van der Waals surface area (Å²) in [6.45, 7) is -0.239. The van der Waals surface area contributed by atoms with Crippen molar-refractivity contribution in [3.63, 3.8) is 0 Å². The summed E-state index contributed by atoms with van der Waals surface area (Å²) >= 11 is 0. The second kappa shape index (κ2) is 13.5. The molecule has 6 rings (SSSR count). The molecule has 4 aromatic heterocycles. The molecule has 2 fully saturated rings. The van der Waals surface area contributed by atoms with Crippen LogP contribution in [0.15, 0.2) is 22.2 Å². The second-order valence-corrected chi connectivity index (χ2v) is 16.0.